The lowest BCUT2D eigenvalue weighted by Crippen LogP contribution is -1.93. The van der Waals surface area contributed by atoms with Gasteiger partial charge in [-0.05, 0) is 29.8 Å². The van der Waals surface area contributed by atoms with Crippen molar-refractivity contribution in [3.63, 3.8) is 0 Å². The summed E-state index contributed by atoms with van der Waals surface area (Å²) in [6, 6.07) is 6.78. The molecular weight excluding hydrogens is 229 g/mol. The van der Waals surface area contributed by atoms with Crippen molar-refractivity contribution in [2.75, 3.05) is 0 Å². The number of rotatable bonds is 2. The van der Waals surface area contributed by atoms with Crippen LogP contribution in [-0.2, 0) is 0 Å². The topological polar surface area (TPSA) is 17.1 Å². The van der Waals surface area contributed by atoms with Gasteiger partial charge in [0.15, 0.2) is 6.29 Å². The quantitative estimate of drug-likeness (QED) is 0.728. The third-order valence-corrected chi connectivity index (χ3v) is 2.37. The third-order valence-electron chi connectivity index (χ3n) is 2.37. The van der Waals surface area contributed by atoms with Gasteiger partial charge < -0.3 is 0 Å². The minimum absolute atomic E-state index is 0.129. The van der Waals surface area contributed by atoms with Crippen molar-refractivity contribution in [3.05, 3.63) is 59.4 Å². The minimum atomic E-state index is -0.756. The number of carbonyl (C=O) groups is 1. The molecule has 0 fully saturated rings. The first-order valence-electron chi connectivity index (χ1n) is 4.82. The monoisotopic (exact) mass is 236 g/mol. The summed E-state index contributed by atoms with van der Waals surface area (Å²) in [6.45, 7) is 0. The molecule has 0 saturated heterocycles. The van der Waals surface area contributed by atoms with Gasteiger partial charge in [-0.3, -0.25) is 4.79 Å². The van der Waals surface area contributed by atoms with Crippen LogP contribution in [0.25, 0.3) is 11.1 Å². The van der Waals surface area contributed by atoms with E-state index in [1.807, 2.05) is 0 Å². The van der Waals surface area contributed by atoms with Gasteiger partial charge in [0.1, 0.15) is 17.5 Å². The van der Waals surface area contributed by atoms with Crippen LogP contribution in [0.3, 0.4) is 0 Å². The van der Waals surface area contributed by atoms with E-state index in [4.69, 9.17) is 0 Å². The van der Waals surface area contributed by atoms with Crippen LogP contribution in [0.4, 0.5) is 13.2 Å². The molecule has 0 atom stereocenters. The molecular formula is C13H7F3O. The van der Waals surface area contributed by atoms with E-state index in [1.165, 1.54) is 12.1 Å². The molecule has 0 aliphatic carbocycles. The van der Waals surface area contributed by atoms with Gasteiger partial charge in [0.25, 0.3) is 0 Å². The molecule has 1 nitrogen and oxygen atoms in total. The molecule has 2 aromatic carbocycles. The molecule has 0 N–H and O–H groups in total. The molecule has 0 saturated carbocycles. The summed E-state index contributed by atoms with van der Waals surface area (Å²) in [5, 5.41) is 0. The minimum Gasteiger partial charge on any atom is -0.298 e. The molecule has 4 heteroatoms. The standard InChI is InChI=1S/C13H7F3O/c14-10-5-4-8(6-9(10)7-17)13-11(15)2-1-3-12(13)16/h1-7H. The van der Waals surface area contributed by atoms with E-state index in [0.717, 1.165) is 24.3 Å². The summed E-state index contributed by atoms with van der Waals surface area (Å²) in [5.74, 6) is -2.23. The van der Waals surface area contributed by atoms with Crippen molar-refractivity contribution < 1.29 is 18.0 Å². The lowest BCUT2D eigenvalue weighted by atomic mass is 10.0. The molecule has 0 aliphatic rings. The first-order valence-corrected chi connectivity index (χ1v) is 4.82. The van der Waals surface area contributed by atoms with E-state index in [1.54, 1.807) is 0 Å². The Morgan fingerprint density at radius 2 is 1.53 bits per heavy atom. The number of benzene rings is 2. The molecule has 0 aromatic heterocycles. The smallest absolute Gasteiger partial charge is 0.153 e. The fraction of sp³-hybridized carbons (Fsp3) is 0. The van der Waals surface area contributed by atoms with Crippen LogP contribution in [0.2, 0.25) is 0 Å². The van der Waals surface area contributed by atoms with Crippen LogP contribution in [0.5, 0.6) is 0 Å². The van der Waals surface area contributed by atoms with E-state index in [9.17, 15) is 18.0 Å². The van der Waals surface area contributed by atoms with Crippen molar-refractivity contribution in [1.29, 1.82) is 0 Å². The van der Waals surface area contributed by atoms with E-state index in [0.29, 0.717) is 6.29 Å². The number of hydrogen-bond donors (Lipinski definition) is 0. The summed E-state index contributed by atoms with van der Waals surface area (Å²) in [6.07, 6.45) is 0.303. The van der Waals surface area contributed by atoms with Crippen molar-refractivity contribution >= 4 is 6.29 Å². The van der Waals surface area contributed by atoms with Crippen LogP contribution >= 0.6 is 0 Å². The van der Waals surface area contributed by atoms with Crippen LogP contribution < -0.4 is 0 Å². The maximum Gasteiger partial charge on any atom is 0.153 e. The van der Waals surface area contributed by atoms with E-state index < -0.39 is 17.5 Å². The van der Waals surface area contributed by atoms with Gasteiger partial charge in [-0.2, -0.15) is 0 Å². The Balaban J connectivity index is 2.65. The molecule has 2 aromatic rings. The molecule has 0 radical (unpaired) electrons. The third kappa shape index (κ3) is 2.06. The number of aldehydes is 1. The fourth-order valence-electron chi connectivity index (χ4n) is 1.56. The average molecular weight is 236 g/mol. The Labute approximate surface area is 95.5 Å². The van der Waals surface area contributed by atoms with Crippen molar-refractivity contribution in [1.82, 2.24) is 0 Å². The second-order valence-corrected chi connectivity index (χ2v) is 3.45. The van der Waals surface area contributed by atoms with Crippen molar-refractivity contribution in [2.24, 2.45) is 0 Å². The molecule has 86 valence electrons. The van der Waals surface area contributed by atoms with Gasteiger partial charge in [0, 0.05) is 0 Å². The summed E-state index contributed by atoms with van der Waals surface area (Å²) < 4.78 is 40.0. The second-order valence-electron chi connectivity index (χ2n) is 3.45. The highest BCUT2D eigenvalue weighted by molar-refractivity contribution is 5.79. The van der Waals surface area contributed by atoms with Gasteiger partial charge in [0.05, 0.1) is 11.1 Å². The normalized spacial score (nSPS) is 10.3. The predicted molar refractivity (Wildman–Crippen MR) is 57.1 cm³/mol. The van der Waals surface area contributed by atoms with Gasteiger partial charge in [-0.1, -0.05) is 12.1 Å². The average Bonchev–Trinajstić information content (AvgIpc) is 2.31. The molecule has 0 unspecified atom stereocenters. The van der Waals surface area contributed by atoms with Gasteiger partial charge in [0.2, 0.25) is 0 Å². The molecule has 17 heavy (non-hydrogen) atoms. The largest absolute Gasteiger partial charge is 0.298 e. The summed E-state index contributed by atoms with van der Waals surface area (Å²) >= 11 is 0. The zero-order chi connectivity index (χ0) is 12.4. The number of carbonyl (C=O) groups excluding carboxylic acids is 1. The molecule has 0 aliphatic heterocycles. The zero-order valence-corrected chi connectivity index (χ0v) is 8.58. The van der Waals surface area contributed by atoms with Crippen LogP contribution in [0, 0.1) is 17.5 Å². The highest BCUT2D eigenvalue weighted by Crippen LogP contribution is 2.27. The molecule has 0 amide bonds. The highest BCUT2D eigenvalue weighted by Gasteiger charge is 2.12. The Bertz CT molecular complexity index is 559. The van der Waals surface area contributed by atoms with Crippen LogP contribution in [-0.4, -0.2) is 6.29 Å². The summed E-state index contributed by atoms with van der Waals surface area (Å²) in [4.78, 5) is 10.6. The zero-order valence-electron chi connectivity index (χ0n) is 8.58. The first-order chi connectivity index (χ1) is 8.13. The summed E-state index contributed by atoms with van der Waals surface area (Å²) in [5.41, 5.74) is -0.371. The van der Waals surface area contributed by atoms with E-state index in [2.05, 4.69) is 0 Å². The highest BCUT2D eigenvalue weighted by atomic mass is 19.1. The first kappa shape index (κ1) is 11.4. The SMILES string of the molecule is O=Cc1cc(-c2c(F)cccc2F)ccc1F. The lowest BCUT2D eigenvalue weighted by molar-refractivity contribution is 0.112. The predicted octanol–water partition coefficient (Wildman–Crippen LogP) is 3.58. The Morgan fingerprint density at radius 3 is 2.12 bits per heavy atom. The van der Waals surface area contributed by atoms with Gasteiger partial charge in [-0.25, -0.2) is 13.2 Å². The van der Waals surface area contributed by atoms with E-state index in [-0.39, 0.29) is 16.7 Å². The van der Waals surface area contributed by atoms with Gasteiger partial charge >= 0.3 is 0 Å². The maximum atomic E-state index is 13.5. The molecule has 0 bridgehead atoms. The summed E-state index contributed by atoms with van der Waals surface area (Å²) in [7, 11) is 0. The van der Waals surface area contributed by atoms with Crippen molar-refractivity contribution in [3.8, 4) is 11.1 Å². The van der Waals surface area contributed by atoms with Crippen LogP contribution in [0.1, 0.15) is 10.4 Å². The Morgan fingerprint density at radius 1 is 0.882 bits per heavy atom. The van der Waals surface area contributed by atoms with Gasteiger partial charge in [-0.15, -0.1) is 0 Å². The lowest BCUT2D eigenvalue weighted by Gasteiger charge is -2.06. The van der Waals surface area contributed by atoms with E-state index >= 15 is 0 Å². The Hall–Kier alpha value is -2.10. The van der Waals surface area contributed by atoms with Crippen molar-refractivity contribution in [2.45, 2.75) is 0 Å². The maximum absolute atomic E-state index is 13.5. The molecule has 2 rings (SSSR count). The molecule has 0 spiro atoms. The number of hydrogen-bond acceptors (Lipinski definition) is 1. The Kier molecular flexibility index (Phi) is 2.95. The fourth-order valence-corrected chi connectivity index (χ4v) is 1.56. The second kappa shape index (κ2) is 4.41. The molecule has 0 heterocycles. The van der Waals surface area contributed by atoms with Crippen LogP contribution in [0.15, 0.2) is 36.4 Å². The number of halogens is 3.